The van der Waals surface area contributed by atoms with E-state index in [0.29, 0.717) is 6.61 Å². The number of halogens is 1. The third-order valence-electron chi connectivity index (χ3n) is 2.74. The van der Waals surface area contributed by atoms with E-state index < -0.39 is 0 Å². The minimum absolute atomic E-state index is 0.191. The van der Waals surface area contributed by atoms with Crippen LogP contribution >= 0.6 is 15.9 Å². The van der Waals surface area contributed by atoms with Crippen LogP contribution in [0.25, 0.3) is 0 Å². The minimum atomic E-state index is -0.286. The van der Waals surface area contributed by atoms with Crippen LogP contribution in [0.15, 0.2) is 28.7 Å². The largest absolute Gasteiger partial charge is 0.488 e. The molecule has 2 atom stereocenters. The van der Waals surface area contributed by atoms with Gasteiger partial charge >= 0.3 is 0 Å². The van der Waals surface area contributed by atoms with E-state index in [1.165, 1.54) is 0 Å². The van der Waals surface area contributed by atoms with E-state index >= 15 is 0 Å². The molecule has 3 N–H and O–H groups in total. The third-order valence-corrected chi connectivity index (χ3v) is 3.27. The second kappa shape index (κ2) is 6.61. The monoisotopic (exact) mass is 301 g/mol. The van der Waals surface area contributed by atoms with Crippen LogP contribution in [0.2, 0.25) is 0 Å². The summed E-state index contributed by atoms with van der Waals surface area (Å²) in [6.07, 6.45) is 0. The summed E-state index contributed by atoms with van der Waals surface area (Å²) in [4.78, 5) is 12.0. The molecule has 94 valence electrons. The lowest BCUT2D eigenvalue weighted by molar-refractivity contribution is -0.894. The second-order valence-corrected chi connectivity index (χ2v) is 4.94. The molecule has 1 aromatic carbocycles. The van der Waals surface area contributed by atoms with Crippen LogP contribution < -0.4 is 15.4 Å². The van der Waals surface area contributed by atoms with Crippen molar-refractivity contribution in [2.24, 2.45) is 5.73 Å². The molecular formula is C12H18BrN2O2+. The first kappa shape index (κ1) is 14.0. The van der Waals surface area contributed by atoms with Gasteiger partial charge in [-0.2, -0.15) is 0 Å². The highest BCUT2D eigenvalue weighted by molar-refractivity contribution is 9.10. The van der Waals surface area contributed by atoms with Crippen LogP contribution in [0.5, 0.6) is 5.75 Å². The van der Waals surface area contributed by atoms with E-state index in [-0.39, 0.29) is 11.9 Å². The standard InChI is InChI=1S/C12H17BrN2O2/c1-9(12(14)16)15(2)7-8-17-11-5-3-10(13)4-6-11/h3-6,9H,7-8H2,1-2H3,(H2,14,16)/p+1/t9-/m0/s1. The fraction of sp³-hybridized carbons (Fsp3) is 0.417. The predicted octanol–water partition coefficient (Wildman–Crippen LogP) is 0.216. The number of carbonyl (C=O) groups excluding carboxylic acids is 1. The van der Waals surface area contributed by atoms with Crippen molar-refractivity contribution in [3.63, 3.8) is 0 Å². The number of nitrogens with one attached hydrogen (secondary N) is 1. The lowest BCUT2D eigenvalue weighted by Gasteiger charge is -2.18. The molecule has 1 rings (SSSR count). The molecule has 1 unspecified atom stereocenters. The number of primary amides is 1. The van der Waals surface area contributed by atoms with Crippen molar-refractivity contribution in [2.75, 3.05) is 20.2 Å². The van der Waals surface area contributed by atoms with Crippen LogP contribution in [0.1, 0.15) is 6.92 Å². The number of ether oxygens (including phenoxy) is 1. The maximum Gasteiger partial charge on any atom is 0.275 e. The van der Waals surface area contributed by atoms with Gasteiger partial charge in [0, 0.05) is 4.47 Å². The van der Waals surface area contributed by atoms with E-state index in [1.807, 2.05) is 38.2 Å². The molecule has 0 fully saturated rings. The van der Waals surface area contributed by atoms with Crippen LogP contribution in [-0.4, -0.2) is 32.1 Å². The highest BCUT2D eigenvalue weighted by Crippen LogP contribution is 2.15. The van der Waals surface area contributed by atoms with Gasteiger partial charge in [0.15, 0.2) is 6.04 Å². The van der Waals surface area contributed by atoms with Gasteiger partial charge < -0.3 is 15.4 Å². The van der Waals surface area contributed by atoms with Gasteiger partial charge in [0.1, 0.15) is 18.9 Å². The molecule has 0 saturated heterocycles. The third kappa shape index (κ3) is 4.75. The van der Waals surface area contributed by atoms with Gasteiger partial charge in [-0.3, -0.25) is 4.79 Å². The minimum Gasteiger partial charge on any atom is -0.488 e. The van der Waals surface area contributed by atoms with Crippen molar-refractivity contribution in [1.29, 1.82) is 0 Å². The lowest BCUT2D eigenvalue weighted by atomic mass is 10.3. The maximum atomic E-state index is 11.0. The van der Waals surface area contributed by atoms with E-state index in [4.69, 9.17) is 10.5 Å². The van der Waals surface area contributed by atoms with Crippen molar-refractivity contribution in [3.8, 4) is 5.75 Å². The Morgan fingerprint density at radius 2 is 2.06 bits per heavy atom. The summed E-state index contributed by atoms with van der Waals surface area (Å²) >= 11 is 3.36. The number of carbonyl (C=O) groups is 1. The zero-order chi connectivity index (χ0) is 12.8. The molecular weight excluding hydrogens is 284 g/mol. The van der Waals surface area contributed by atoms with Gasteiger partial charge in [-0.25, -0.2) is 0 Å². The van der Waals surface area contributed by atoms with E-state index in [0.717, 1.165) is 21.7 Å². The fourth-order valence-corrected chi connectivity index (χ4v) is 1.58. The first-order chi connectivity index (χ1) is 8.00. The Labute approximate surface area is 110 Å². The summed E-state index contributed by atoms with van der Waals surface area (Å²) in [5, 5.41) is 0. The van der Waals surface area contributed by atoms with Gasteiger partial charge in [-0.15, -0.1) is 0 Å². The van der Waals surface area contributed by atoms with Crippen molar-refractivity contribution in [1.82, 2.24) is 0 Å². The zero-order valence-corrected chi connectivity index (χ0v) is 11.7. The maximum absolute atomic E-state index is 11.0. The predicted molar refractivity (Wildman–Crippen MR) is 70.0 cm³/mol. The molecule has 0 heterocycles. The number of hydrogen-bond donors (Lipinski definition) is 2. The number of likely N-dealkylation sites (N-methyl/N-ethyl adjacent to an activating group) is 1. The van der Waals surface area contributed by atoms with Gasteiger partial charge in [0.05, 0.1) is 7.05 Å². The van der Waals surface area contributed by atoms with Gasteiger partial charge in [-0.05, 0) is 31.2 Å². The van der Waals surface area contributed by atoms with Crippen molar-refractivity contribution >= 4 is 21.8 Å². The Balaban J connectivity index is 2.32. The highest BCUT2D eigenvalue weighted by Gasteiger charge is 2.17. The van der Waals surface area contributed by atoms with Gasteiger partial charge in [-0.1, -0.05) is 15.9 Å². The average molecular weight is 302 g/mol. The summed E-state index contributed by atoms with van der Waals surface area (Å²) < 4.78 is 6.59. The normalized spacial score (nSPS) is 14.1. The second-order valence-electron chi connectivity index (χ2n) is 4.02. The fourth-order valence-electron chi connectivity index (χ4n) is 1.32. The summed E-state index contributed by atoms with van der Waals surface area (Å²) in [5.74, 6) is 0.541. The van der Waals surface area contributed by atoms with Crippen LogP contribution in [-0.2, 0) is 4.79 Å². The van der Waals surface area contributed by atoms with E-state index in [9.17, 15) is 4.79 Å². The Morgan fingerprint density at radius 3 is 2.59 bits per heavy atom. The lowest BCUT2D eigenvalue weighted by Crippen LogP contribution is -3.14. The van der Waals surface area contributed by atoms with Crippen molar-refractivity contribution < 1.29 is 14.4 Å². The van der Waals surface area contributed by atoms with Crippen LogP contribution in [0.3, 0.4) is 0 Å². The molecule has 0 radical (unpaired) electrons. The molecule has 4 nitrogen and oxygen atoms in total. The summed E-state index contributed by atoms with van der Waals surface area (Å²) in [6.45, 7) is 3.11. The van der Waals surface area contributed by atoms with E-state index in [1.54, 1.807) is 0 Å². The van der Waals surface area contributed by atoms with Gasteiger partial charge in [0.25, 0.3) is 5.91 Å². The number of rotatable bonds is 6. The first-order valence-corrected chi connectivity index (χ1v) is 6.30. The van der Waals surface area contributed by atoms with E-state index in [2.05, 4.69) is 15.9 Å². The molecule has 0 spiro atoms. The number of nitrogens with two attached hydrogens (primary N) is 1. The molecule has 1 aromatic rings. The summed E-state index contributed by atoms with van der Waals surface area (Å²) in [7, 11) is 1.93. The molecule has 0 bridgehead atoms. The number of hydrogen-bond acceptors (Lipinski definition) is 2. The number of amides is 1. The summed E-state index contributed by atoms with van der Waals surface area (Å²) in [6, 6.07) is 7.47. The Bertz CT molecular complexity index is 367. The highest BCUT2D eigenvalue weighted by atomic mass is 79.9. The Morgan fingerprint density at radius 1 is 1.47 bits per heavy atom. The zero-order valence-electron chi connectivity index (χ0n) is 10.1. The van der Waals surface area contributed by atoms with Crippen LogP contribution in [0, 0.1) is 0 Å². The number of benzene rings is 1. The molecule has 5 heteroatoms. The quantitative estimate of drug-likeness (QED) is 0.790. The number of quaternary nitrogens is 1. The molecule has 17 heavy (non-hydrogen) atoms. The topological polar surface area (TPSA) is 56.8 Å². The molecule has 0 aromatic heterocycles. The molecule has 0 saturated carbocycles. The first-order valence-electron chi connectivity index (χ1n) is 5.50. The molecule has 1 amide bonds. The van der Waals surface area contributed by atoms with Crippen molar-refractivity contribution in [3.05, 3.63) is 28.7 Å². The smallest absolute Gasteiger partial charge is 0.275 e. The van der Waals surface area contributed by atoms with Gasteiger partial charge in [0.2, 0.25) is 0 Å². The van der Waals surface area contributed by atoms with Crippen molar-refractivity contribution in [2.45, 2.75) is 13.0 Å². The molecule has 0 aliphatic carbocycles. The molecule has 0 aliphatic heterocycles. The Kier molecular flexibility index (Phi) is 5.44. The Hall–Kier alpha value is -1.07. The average Bonchev–Trinajstić information content (AvgIpc) is 2.30. The van der Waals surface area contributed by atoms with Crippen LogP contribution in [0.4, 0.5) is 0 Å². The molecule has 0 aliphatic rings. The summed E-state index contributed by atoms with van der Waals surface area (Å²) in [5.41, 5.74) is 5.23. The SMILES string of the molecule is C[C@@H](C(N)=O)[NH+](C)CCOc1ccc(Br)cc1.